The number of hydrogen-bond donors (Lipinski definition) is 1. The molecule has 0 amide bonds. The van der Waals surface area contributed by atoms with E-state index in [1.54, 1.807) is 12.1 Å². The monoisotopic (exact) mass is 324 g/mol. The molecule has 1 N–H and O–H groups in total. The Hall–Kier alpha value is -2.75. The molecule has 4 nitrogen and oxygen atoms in total. The highest BCUT2D eigenvalue weighted by atomic mass is 16.4. The summed E-state index contributed by atoms with van der Waals surface area (Å²) in [6.45, 7) is 4.04. The second-order valence-corrected chi connectivity index (χ2v) is 5.64. The second-order valence-electron chi connectivity index (χ2n) is 5.64. The fraction of sp³-hybridized carbons (Fsp3) is 0.250. The summed E-state index contributed by atoms with van der Waals surface area (Å²) in [6.07, 6.45) is 1.57. The smallest absolute Gasteiger partial charge is 0.336 e. The predicted octanol–water partition coefficient (Wildman–Crippen LogP) is 4.88. The van der Waals surface area contributed by atoms with Crippen molar-refractivity contribution >= 4 is 5.97 Å². The molecule has 0 aliphatic carbocycles. The number of aromatic carboxylic acids is 1. The Labute approximate surface area is 140 Å². The zero-order valence-electron chi connectivity index (χ0n) is 13.8. The van der Waals surface area contributed by atoms with E-state index in [-0.39, 0.29) is 11.5 Å². The molecule has 124 valence electrons. The van der Waals surface area contributed by atoms with Gasteiger partial charge < -0.3 is 13.9 Å². The van der Waals surface area contributed by atoms with E-state index in [0.717, 1.165) is 24.4 Å². The van der Waals surface area contributed by atoms with Crippen LogP contribution in [-0.2, 0) is 12.8 Å². The molecule has 0 atom stereocenters. The van der Waals surface area contributed by atoms with Gasteiger partial charge >= 0.3 is 5.97 Å². The molecule has 0 aliphatic rings. The van der Waals surface area contributed by atoms with Crippen LogP contribution < -0.4 is 0 Å². The molecular formula is C20H20O4. The third-order valence-electron chi connectivity index (χ3n) is 4.13. The van der Waals surface area contributed by atoms with Crippen LogP contribution in [0.2, 0.25) is 0 Å². The number of carboxylic acid groups (broad SMARTS) is 1. The van der Waals surface area contributed by atoms with E-state index in [4.69, 9.17) is 8.83 Å². The molecular weight excluding hydrogens is 304 g/mol. The summed E-state index contributed by atoms with van der Waals surface area (Å²) < 4.78 is 11.9. The van der Waals surface area contributed by atoms with E-state index >= 15 is 0 Å². The molecule has 0 spiro atoms. The highest BCUT2D eigenvalue weighted by Gasteiger charge is 2.27. The zero-order chi connectivity index (χ0) is 17.1. The summed E-state index contributed by atoms with van der Waals surface area (Å²) in [5, 5.41) is 9.55. The maximum absolute atomic E-state index is 11.7. The summed E-state index contributed by atoms with van der Waals surface area (Å²) in [7, 11) is 0. The first kappa shape index (κ1) is 16.1. The zero-order valence-corrected chi connectivity index (χ0v) is 13.8. The summed E-state index contributed by atoms with van der Waals surface area (Å²) in [4.78, 5) is 11.7. The third-order valence-corrected chi connectivity index (χ3v) is 4.13. The minimum atomic E-state index is -0.958. The maximum atomic E-state index is 11.7. The maximum Gasteiger partial charge on any atom is 0.336 e. The minimum Gasteiger partial charge on any atom is -0.478 e. The van der Waals surface area contributed by atoms with Gasteiger partial charge in [-0.15, -0.1) is 0 Å². The summed E-state index contributed by atoms with van der Waals surface area (Å²) in [6, 6.07) is 14.6. The molecule has 3 rings (SSSR count). The van der Waals surface area contributed by atoms with Crippen LogP contribution in [0.1, 0.15) is 58.7 Å². The first-order valence-corrected chi connectivity index (χ1v) is 8.13. The van der Waals surface area contributed by atoms with Gasteiger partial charge in [-0.3, -0.25) is 0 Å². The van der Waals surface area contributed by atoms with Gasteiger partial charge in [0.1, 0.15) is 29.0 Å². The quantitative estimate of drug-likeness (QED) is 0.702. The van der Waals surface area contributed by atoms with Crippen molar-refractivity contribution in [1.82, 2.24) is 0 Å². The van der Waals surface area contributed by atoms with Gasteiger partial charge in [-0.25, -0.2) is 4.79 Å². The van der Waals surface area contributed by atoms with E-state index in [1.807, 2.05) is 50.2 Å². The van der Waals surface area contributed by atoms with E-state index in [0.29, 0.717) is 17.1 Å². The lowest BCUT2D eigenvalue weighted by Crippen LogP contribution is -2.09. The van der Waals surface area contributed by atoms with Crippen molar-refractivity contribution in [1.29, 1.82) is 0 Å². The highest BCUT2D eigenvalue weighted by molar-refractivity contribution is 5.90. The van der Waals surface area contributed by atoms with Crippen molar-refractivity contribution < 1.29 is 18.7 Å². The summed E-state index contributed by atoms with van der Waals surface area (Å²) in [5.74, 6) is 1.78. The van der Waals surface area contributed by atoms with Crippen LogP contribution in [0.3, 0.4) is 0 Å². The van der Waals surface area contributed by atoms with Crippen LogP contribution in [0.15, 0.2) is 57.4 Å². The Bertz CT molecular complexity index is 798. The van der Waals surface area contributed by atoms with Crippen molar-refractivity contribution in [3.8, 4) is 0 Å². The highest BCUT2D eigenvalue weighted by Crippen LogP contribution is 2.36. The topological polar surface area (TPSA) is 63.6 Å². The van der Waals surface area contributed by atoms with Crippen LogP contribution in [0.4, 0.5) is 0 Å². The van der Waals surface area contributed by atoms with Crippen molar-refractivity contribution in [2.45, 2.75) is 32.6 Å². The Morgan fingerprint density at radius 1 is 0.917 bits per heavy atom. The van der Waals surface area contributed by atoms with Crippen molar-refractivity contribution in [3.63, 3.8) is 0 Å². The number of rotatable bonds is 6. The van der Waals surface area contributed by atoms with Crippen molar-refractivity contribution in [2.75, 3.05) is 0 Å². The Morgan fingerprint density at radius 2 is 1.46 bits per heavy atom. The largest absolute Gasteiger partial charge is 0.478 e. The van der Waals surface area contributed by atoms with Gasteiger partial charge in [0.05, 0.1) is 5.56 Å². The van der Waals surface area contributed by atoms with Crippen molar-refractivity contribution in [2.24, 2.45) is 0 Å². The van der Waals surface area contributed by atoms with Crippen LogP contribution >= 0.6 is 0 Å². The molecule has 1 aromatic carbocycles. The molecule has 3 aromatic rings. The Morgan fingerprint density at radius 3 is 1.92 bits per heavy atom. The van der Waals surface area contributed by atoms with Crippen molar-refractivity contribution in [3.05, 3.63) is 82.7 Å². The number of aryl methyl sites for hydroxylation is 2. The molecule has 0 bridgehead atoms. The van der Waals surface area contributed by atoms with Crippen LogP contribution in [0.5, 0.6) is 0 Å². The number of furan rings is 2. The molecule has 0 fully saturated rings. The number of carbonyl (C=O) groups is 1. The fourth-order valence-electron chi connectivity index (χ4n) is 2.87. The van der Waals surface area contributed by atoms with E-state index in [1.165, 1.54) is 0 Å². The average Bonchev–Trinajstić information content (AvgIpc) is 3.25. The first-order chi connectivity index (χ1) is 11.6. The predicted molar refractivity (Wildman–Crippen MR) is 90.5 cm³/mol. The second kappa shape index (κ2) is 6.79. The van der Waals surface area contributed by atoms with E-state index < -0.39 is 5.97 Å². The molecule has 0 saturated carbocycles. The van der Waals surface area contributed by atoms with E-state index in [2.05, 4.69) is 0 Å². The number of hydrogen-bond acceptors (Lipinski definition) is 3. The lowest BCUT2D eigenvalue weighted by molar-refractivity contribution is 0.0695. The lowest BCUT2D eigenvalue weighted by Gasteiger charge is -2.15. The molecule has 2 aromatic heterocycles. The van der Waals surface area contributed by atoms with Crippen LogP contribution in [-0.4, -0.2) is 11.1 Å². The molecule has 4 heteroatoms. The van der Waals surface area contributed by atoms with Gasteiger partial charge in [0.15, 0.2) is 0 Å². The van der Waals surface area contributed by atoms with Gasteiger partial charge in [-0.1, -0.05) is 32.0 Å². The lowest BCUT2D eigenvalue weighted by atomic mass is 9.90. The molecule has 0 unspecified atom stereocenters. The Kier molecular flexibility index (Phi) is 4.56. The Balaban J connectivity index is 2.17. The van der Waals surface area contributed by atoms with E-state index in [9.17, 15) is 9.90 Å². The minimum absolute atomic E-state index is 0.256. The standard InChI is InChI=1S/C20H20O4/c1-3-13-9-11-17(23-13)19(18-12-10-14(4-2)24-18)15-7-5-6-8-16(15)20(21)22/h5-12,19H,3-4H2,1-2H3,(H,21,22). The molecule has 0 radical (unpaired) electrons. The average molecular weight is 324 g/mol. The van der Waals surface area contributed by atoms with Crippen LogP contribution in [0.25, 0.3) is 0 Å². The number of benzene rings is 1. The molecule has 2 heterocycles. The fourth-order valence-corrected chi connectivity index (χ4v) is 2.87. The SMILES string of the molecule is CCc1ccc(C(c2ccc(CC)o2)c2ccccc2C(=O)O)o1. The normalized spacial score (nSPS) is 11.1. The molecule has 24 heavy (non-hydrogen) atoms. The van der Waals surface area contributed by atoms with Gasteiger partial charge in [0.25, 0.3) is 0 Å². The molecule has 0 saturated heterocycles. The van der Waals surface area contributed by atoms with Gasteiger partial charge in [-0.2, -0.15) is 0 Å². The van der Waals surface area contributed by atoms with Gasteiger partial charge in [0.2, 0.25) is 0 Å². The van der Waals surface area contributed by atoms with Crippen LogP contribution in [0, 0.1) is 0 Å². The van der Waals surface area contributed by atoms with Gasteiger partial charge in [-0.05, 0) is 35.9 Å². The van der Waals surface area contributed by atoms with Gasteiger partial charge in [0, 0.05) is 12.8 Å². The third kappa shape index (κ3) is 3.00. The number of carboxylic acids is 1. The molecule has 0 aliphatic heterocycles. The summed E-state index contributed by atoms with van der Waals surface area (Å²) in [5.41, 5.74) is 0.922. The first-order valence-electron chi connectivity index (χ1n) is 8.13. The summed E-state index contributed by atoms with van der Waals surface area (Å²) >= 11 is 0.